The summed E-state index contributed by atoms with van der Waals surface area (Å²) >= 11 is 1.60. The Kier molecular flexibility index (Phi) is 4.79. The third-order valence-electron chi connectivity index (χ3n) is 5.05. The molecule has 1 fully saturated rings. The van der Waals surface area contributed by atoms with E-state index in [0.29, 0.717) is 0 Å². The van der Waals surface area contributed by atoms with Gasteiger partial charge >= 0.3 is 13.1 Å². The van der Waals surface area contributed by atoms with E-state index in [-0.39, 0.29) is 12.2 Å². The van der Waals surface area contributed by atoms with Crippen molar-refractivity contribution in [2.24, 2.45) is 0 Å². The van der Waals surface area contributed by atoms with Crippen LogP contribution < -0.4 is 0 Å². The highest BCUT2D eigenvalue weighted by atomic mass is 32.1. The highest BCUT2D eigenvalue weighted by molar-refractivity contribution is 7.15. The van der Waals surface area contributed by atoms with Gasteiger partial charge < -0.3 is 14.4 Å². The van der Waals surface area contributed by atoms with E-state index in [1.807, 2.05) is 58.0 Å². The third kappa shape index (κ3) is 3.66. The summed E-state index contributed by atoms with van der Waals surface area (Å²) in [6, 6.07) is 14.1. The molecule has 1 N–H and O–H groups in total. The summed E-state index contributed by atoms with van der Waals surface area (Å²) in [6.07, 6.45) is -0.0223. The molecule has 0 bridgehead atoms. The van der Waals surface area contributed by atoms with E-state index >= 15 is 0 Å². The quantitative estimate of drug-likeness (QED) is 0.794. The molecule has 1 aliphatic rings. The zero-order valence-electron chi connectivity index (χ0n) is 15.0. The molecule has 2 aromatic rings. The van der Waals surface area contributed by atoms with Crippen LogP contribution in [0.1, 0.15) is 44.8 Å². The minimum atomic E-state index is -0.852. The summed E-state index contributed by atoms with van der Waals surface area (Å²) < 4.78 is 12.2. The molecule has 0 spiro atoms. The monoisotopic (exact) mass is 358 g/mol. The maximum Gasteiger partial charge on any atom is 0.467 e. The lowest BCUT2D eigenvalue weighted by Crippen LogP contribution is -2.41. The van der Waals surface area contributed by atoms with Crippen LogP contribution in [0.25, 0.3) is 10.4 Å². The molecule has 1 aliphatic heterocycles. The number of thiophene rings is 1. The number of benzene rings is 1. The Bertz CT molecular complexity index is 738. The fourth-order valence-corrected chi connectivity index (χ4v) is 4.01. The lowest BCUT2D eigenvalue weighted by Gasteiger charge is -2.32. The van der Waals surface area contributed by atoms with Gasteiger partial charge in [0.05, 0.1) is 17.6 Å². The first-order valence-electron chi connectivity index (χ1n) is 8.42. The first-order valence-corrected chi connectivity index (χ1v) is 9.24. The Morgan fingerprint density at radius 1 is 1.08 bits per heavy atom. The summed E-state index contributed by atoms with van der Waals surface area (Å²) in [4.78, 5) is 13.5. The minimum absolute atomic E-state index is 0.0223. The number of hydrogen-bond acceptors (Lipinski definition) is 4. The minimum Gasteiger partial charge on any atom is -0.481 e. The smallest absolute Gasteiger partial charge is 0.467 e. The standard InChI is InChI=1S/C19H23BO4S/c1-18(2)19(3,4)24-20(23-18)14(12-17(21)22)16-11-10-15(25-16)13-8-6-5-7-9-13/h5-11,14H,12H2,1-4H3,(H,21,22). The Labute approximate surface area is 152 Å². The van der Waals surface area contributed by atoms with Crippen LogP contribution in [0.4, 0.5) is 0 Å². The number of carbonyl (C=O) groups is 1. The van der Waals surface area contributed by atoms with Gasteiger partial charge in [0.15, 0.2) is 0 Å². The number of aliphatic carboxylic acids is 1. The van der Waals surface area contributed by atoms with Crippen molar-refractivity contribution in [1.29, 1.82) is 0 Å². The summed E-state index contributed by atoms with van der Waals surface area (Å²) in [5.41, 5.74) is 0.170. The molecular weight excluding hydrogens is 335 g/mol. The molecule has 1 aromatic heterocycles. The molecule has 132 valence electrons. The first-order chi connectivity index (χ1) is 11.7. The Morgan fingerprint density at radius 2 is 1.68 bits per heavy atom. The van der Waals surface area contributed by atoms with Crippen molar-refractivity contribution in [3.8, 4) is 10.4 Å². The largest absolute Gasteiger partial charge is 0.481 e. The van der Waals surface area contributed by atoms with Crippen molar-refractivity contribution in [1.82, 2.24) is 0 Å². The highest BCUT2D eigenvalue weighted by Crippen LogP contribution is 2.43. The molecule has 1 saturated heterocycles. The second kappa shape index (κ2) is 6.59. The molecular formula is C19H23BO4S. The predicted molar refractivity (Wildman–Crippen MR) is 101 cm³/mol. The highest BCUT2D eigenvalue weighted by Gasteiger charge is 2.54. The van der Waals surface area contributed by atoms with E-state index in [1.165, 1.54) is 0 Å². The van der Waals surface area contributed by atoms with Crippen LogP contribution in [0.5, 0.6) is 0 Å². The summed E-state index contributed by atoms with van der Waals surface area (Å²) in [5.74, 6) is -1.18. The molecule has 0 amide bonds. The fraction of sp³-hybridized carbons (Fsp3) is 0.421. The zero-order chi connectivity index (χ0) is 18.2. The van der Waals surface area contributed by atoms with E-state index in [0.717, 1.165) is 15.3 Å². The number of carboxylic acids is 1. The van der Waals surface area contributed by atoms with Crippen LogP contribution in [-0.4, -0.2) is 29.4 Å². The Hall–Kier alpha value is -1.63. The molecule has 0 saturated carbocycles. The van der Waals surface area contributed by atoms with Gasteiger partial charge in [0.1, 0.15) is 0 Å². The summed E-state index contributed by atoms with van der Waals surface area (Å²) in [5, 5.41) is 9.38. The Balaban J connectivity index is 1.90. The summed E-state index contributed by atoms with van der Waals surface area (Å²) in [7, 11) is -0.566. The number of carboxylic acid groups (broad SMARTS) is 1. The van der Waals surface area contributed by atoms with Gasteiger partial charge in [0, 0.05) is 15.6 Å². The van der Waals surface area contributed by atoms with Crippen molar-refractivity contribution >= 4 is 24.4 Å². The third-order valence-corrected chi connectivity index (χ3v) is 6.31. The van der Waals surface area contributed by atoms with Crippen LogP contribution in [0, 0.1) is 0 Å². The van der Waals surface area contributed by atoms with Crippen molar-refractivity contribution in [2.45, 2.75) is 51.1 Å². The topological polar surface area (TPSA) is 55.8 Å². The zero-order valence-corrected chi connectivity index (χ0v) is 15.8. The van der Waals surface area contributed by atoms with Gasteiger partial charge in [-0.1, -0.05) is 30.3 Å². The van der Waals surface area contributed by atoms with E-state index < -0.39 is 24.3 Å². The summed E-state index contributed by atoms with van der Waals surface area (Å²) in [6.45, 7) is 7.92. The molecule has 4 nitrogen and oxygen atoms in total. The van der Waals surface area contributed by atoms with Gasteiger partial charge in [-0.05, 0) is 45.4 Å². The number of hydrogen-bond donors (Lipinski definition) is 1. The maximum atomic E-state index is 11.4. The second-order valence-electron chi connectivity index (χ2n) is 7.40. The molecule has 0 aliphatic carbocycles. The molecule has 2 heterocycles. The van der Waals surface area contributed by atoms with Crippen molar-refractivity contribution in [3.05, 3.63) is 47.3 Å². The fourth-order valence-electron chi connectivity index (χ4n) is 2.88. The second-order valence-corrected chi connectivity index (χ2v) is 8.51. The molecule has 1 aromatic carbocycles. The molecule has 1 unspecified atom stereocenters. The van der Waals surface area contributed by atoms with Gasteiger partial charge in [-0.25, -0.2) is 0 Å². The van der Waals surface area contributed by atoms with Crippen LogP contribution in [-0.2, 0) is 14.1 Å². The first kappa shape index (κ1) is 18.2. The molecule has 6 heteroatoms. The van der Waals surface area contributed by atoms with E-state index in [1.54, 1.807) is 11.3 Å². The SMILES string of the molecule is CC1(C)OB(C(CC(=O)O)c2ccc(-c3ccccc3)s2)OC1(C)C. The van der Waals surface area contributed by atoms with Crippen molar-refractivity contribution in [3.63, 3.8) is 0 Å². The normalized spacial score (nSPS) is 19.8. The van der Waals surface area contributed by atoms with E-state index in [9.17, 15) is 9.90 Å². The van der Waals surface area contributed by atoms with Crippen molar-refractivity contribution in [2.75, 3.05) is 0 Å². The number of rotatable bonds is 5. The lowest BCUT2D eigenvalue weighted by molar-refractivity contribution is -0.137. The van der Waals surface area contributed by atoms with Gasteiger partial charge in [0.2, 0.25) is 0 Å². The predicted octanol–water partition coefficient (Wildman–Crippen LogP) is 4.60. The van der Waals surface area contributed by atoms with Crippen molar-refractivity contribution < 1.29 is 19.2 Å². The van der Waals surface area contributed by atoms with Gasteiger partial charge in [-0.2, -0.15) is 0 Å². The van der Waals surface area contributed by atoms with Crippen LogP contribution in [0.2, 0.25) is 0 Å². The van der Waals surface area contributed by atoms with Gasteiger partial charge in [-0.15, -0.1) is 11.3 Å². The molecule has 3 rings (SSSR count). The van der Waals surface area contributed by atoms with Gasteiger partial charge in [0.25, 0.3) is 0 Å². The molecule has 1 atom stereocenters. The maximum absolute atomic E-state index is 11.4. The Morgan fingerprint density at radius 3 is 2.24 bits per heavy atom. The van der Waals surface area contributed by atoms with Crippen LogP contribution >= 0.6 is 11.3 Å². The molecule has 0 radical (unpaired) electrons. The average Bonchev–Trinajstić information content (AvgIpc) is 3.09. The van der Waals surface area contributed by atoms with E-state index in [2.05, 4.69) is 12.1 Å². The lowest BCUT2D eigenvalue weighted by atomic mass is 9.69. The van der Waals surface area contributed by atoms with Crippen LogP contribution in [0.15, 0.2) is 42.5 Å². The van der Waals surface area contributed by atoms with E-state index in [4.69, 9.17) is 9.31 Å². The average molecular weight is 358 g/mol. The van der Waals surface area contributed by atoms with Gasteiger partial charge in [-0.3, -0.25) is 4.79 Å². The van der Waals surface area contributed by atoms with Crippen LogP contribution in [0.3, 0.4) is 0 Å². The molecule has 25 heavy (non-hydrogen) atoms.